The molecule has 7 heteroatoms. The highest BCUT2D eigenvalue weighted by Gasteiger charge is 2.40. The van der Waals surface area contributed by atoms with Gasteiger partial charge in [-0.1, -0.05) is 49.0 Å². The summed E-state index contributed by atoms with van der Waals surface area (Å²) in [6, 6.07) is 9.23. The number of carboxylic acid groups (broad SMARTS) is 1. The topological polar surface area (TPSA) is 90.9 Å². The molecule has 6 nitrogen and oxygen atoms in total. The lowest BCUT2D eigenvalue weighted by atomic mass is 9.91. The summed E-state index contributed by atoms with van der Waals surface area (Å²) in [6.45, 7) is 2.63. The fourth-order valence-corrected chi connectivity index (χ4v) is 2.98. The summed E-state index contributed by atoms with van der Waals surface area (Å²) < 4.78 is 0. The molecule has 1 aromatic carbocycles. The van der Waals surface area contributed by atoms with Crippen LogP contribution in [0.2, 0.25) is 0 Å². The predicted molar refractivity (Wildman–Crippen MR) is 81.2 cm³/mol. The van der Waals surface area contributed by atoms with Crippen molar-refractivity contribution in [3.05, 3.63) is 42.2 Å². The Morgan fingerprint density at radius 2 is 2.19 bits per heavy atom. The number of hydrogen-bond acceptors (Lipinski definition) is 5. The minimum atomic E-state index is -1.14. The normalized spacial score (nSPS) is 13.8. The van der Waals surface area contributed by atoms with E-state index in [9.17, 15) is 9.90 Å². The van der Waals surface area contributed by atoms with E-state index < -0.39 is 11.5 Å². The molecule has 0 spiro atoms. The Hall–Kier alpha value is -1.86. The molecule has 0 fully saturated rings. The summed E-state index contributed by atoms with van der Waals surface area (Å²) in [4.78, 5) is 16.0. The summed E-state index contributed by atoms with van der Waals surface area (Å²) in [5.74, 6) is -0.573. The molecule has 1 aromatic heterocycles. The van der Waals surface area contributed by atoms with Crippen LogP contribution in [0.4, 0.5) is 0 Å². The number of carbonyl (C=O) groups is 1. The molecular weight excluding hydrogens is 288 g/mol. The maximum absolute atomic E-state index is 12.0. The molecule has 1 heterocycles. The third-order valence-electron chi connectivity index (χ3n) is 3.13. The second-order valence-electron chi connectivity index (χ2n) is 4.58. The molecule has 0 aliphatic carbocycles. The molecule has 1 atom stereocenters. The maximum atomic E-state index is 12.0. The fourth-order valence-electron chi connectivity index (χ4n) is 2.00. The largest absolute Gasteiger partial charge is 0.480 e. The zero-order chi connectivity index (χ0) is 15.1. The predicted octanol–water partition coefficient (Wildman–Crippen LogP) is 1.88. The van der Waals surface area contributed by atoms with Crippen LogP contribution in [0.3, 0.4) is 0 Å². The second-order valence-corrected chi connectivity index (χ2v) is 5.55. The molecule has 112 valence electrons. The van der Waals surface area contributed by atoms with E-state index in [-0.39, 0.29) is 0 Å². The first-order chi connectivity index (χ1) is 10.2. The molecule has 0 saturated carbocycles. The summed E-state index contributed by atoms with van der Waals surface area (Å²) in [5.41, 5.74) is -0.410. The maximum Gasteiger partial charge on any atom is 0.329 e. The zero-order valence-electron chi connectivity index (χ0n) is 11.7. The van der Waals surface area contributed by atoms with Crippen LogP contribution in [0.1, 0.15) is 18.9 Å². The number of nitrogens with zero attached hydrogens (tertiary/aromatic N) is 2. The van der Waals surface area contributed by atoms with Gasteiger partial charge in [-0.25, -0.2) is 9.78 Å². The van der Waals surface area contributed by atoms with Crippen LogP contribution < -0.4 is 5.32 Å². The molecule has 2 rings (SSSR count). The van der Waals surface area contributed by atoms with E-state index in [4.69, 9.17) is 0 Å². The molecule has 0 amide bonds. The number of carboxylic acids is 1. The van der Waals surface area contributed by atoms with Gasteiger partial charge in [0.05, 0.1) is 0 Å². The smallest absolute Gasteiger partial charge is 0.329 e. The van der Waals surface area contributed by atoms with Gasteiger partial charge < -0.3 is 5.11 Å². The van der Waals surface area contributed by atoms with Gasteiger partial charge in [0.2, 0.25) is 0 Å². The summed E-state index contributed by atoms with van der Waals surface area (Å²) in [5, 5.41) is 20.1. The minimum absolute atomic E-state index is 0.321. The lowest BCUT2D eigenvalue weighted by Crippen LogP contribution is -2.51. The van der Waals surface area contributed by atoms with Gasteiger partial charge in [0.15, 0.2) is 10.7 Å². The number of aromatic nitrogens is 3. The average molecular weight is 306 g/mol. The highest BCUT2D eigenvalue weighted by molar-refractivity contribution is 7.99. The number of aromatic amines is 1. The minimum Gasteiger partial charge on any atom is -0.480 e. The van der Waals surface area contributed by atoms with E-state index in [2.05, 4.69) is 20.5 Å². The summed E-state index contributed by atoms with van der Waals surface area (Å²) in [7, 11) is 0. The van der Waals surface area contributed by atoms with Crippen molar-refractivity contribution in [1.82, 2.24) is 20.5 Å². The van der Waals surface area contributed by atoms with Gasteiger partial charge in [0.25, 0.3) is 0 Å². The van der Waals surface area contributed by atoms with Crippen molar-refractivity contribution >= 4 is 17.7 Å². The Morgan fingerprint density at radius 3 is 2.76 bits per heavy atom. The number of benzene rings is 1. The first-order valence-electron chi connectivity index (χ1n) is 6.71. The van der Waals surface area contributed by atoms with Crippen molar-refractivity contribution in [3.8, 4) is 0 Å². The van der Waals surface area contributed by atoms with Crippen molar-refractivity contribution in [2.75, 3.05) is 12.3 Å². The van der Waals surface area contributed by atoms with Gasteiger partial charge >= 0.3 is 5.97 Å². The molecule has 0 aliphatic rings. The average Bonchev–Trinajstić information content (AvgIpc) is 3.02. The zero-order valence-corrected chi connectivity index (χ0v) is 12.6. The number of nitrogens with one attached hydrogen (secondary N) is 2. The molecule has 1 unspecified atom stereocenters. The highest BCUT2D eigenvalue weighted by Crippen LogP contribution is 2.28. The standard InChI is InChI=1S/C14H18N4O2S/c1-2-8-16-14(12(19)20,11-6-4-3-5-7-11)9-21-13-15-10-17-18-13/h3-7,10,16H,2,8-9H2,1H3,(H,19,20)(H,15,17,18). The van der Waals surface area contributed by atoms with E-state index in [1.165, 1.54) is 18.1 Å². The van der Waals surface area contributed by atoms with Crippen molar-refractivity contribution < 1.29 is 9.90 Å². The SMILES string of the molecule is CCCNC(CSc1ncn[nH]1)(C(=O)O)c1ccccc1. The molecular formula is C14H18N4O2S. The van der Waals surface area contributed by atoms with Crippen molar-refractivity contribution in [2.24, 2.45) is 0 Å². The molecule has 2 aromatic rings. The lowest BCUT2D eigenvalue weighted by molar-refractivity contribution is -0.144. The Bertz CT molecular complexity index is 562. The first kappa shape index (κ1) is 15.5. The third-order valence-corrected chi connectivity index (χ3v) is 4.17. The molecule has 0 radical (unpaired) electrons. The summed E-state index contributed by atoms with van der Waals surface area (Å²) in [6.07, 6.45) is 2.27. The van der Waals surface area contributed by atoms with Gasteiger partial charge in [0, 0.05) is 5.75 Å². The first-order valence-corrected chi connectivity index (χ1v) is 7.69. The van der Waals surface area contributed by atoms with Crippen LogP contribution in [0.5, 0.6) is 0 Å². The Labute approximate surface area is 127 Å². The Balaban J connectivity index is 2.28. The van der Waals surface area contributed by atoms with E-state index in [0.29, 0.717) is 17.5 Å². The Morgan fingerprint density at radius 1 is 1.43 bits per heavy atom. The molecule has 0 aliphatic heterocycles. The number of aliphatic carboxylic acids is 1. The number of hydrogen-bond donors (Lipinski definition) is 3. The molecule has 3 N–H and O–H groups in total. The number of rotatable bonds is 8. The molecule has 0 bridgehead atoms. The van der Waals surface area contributed by atoms with Crippen LogP contribution in [0.15, 0.2) is 41.8 Å². The number of thioether (sulfide) groups is 1. The van der Waals surface area contributed by atoms with Gasteiger partial charge in [-0.05, 0) is 18.5 Å². The van der Waals surface area contributed by atoms with Gasteiger partial charge in [-0.3, -0.25) is 10.4 Å². The Kier molecular flexibility index (Phi) is 5.35. The summed E-state index contributed by atoms with van der Waals surface area (Å²) >= 11 is 1.34. The fraction of sp³-hybridized carbons (Fsp3) is 0.357. The van der Waals surface area contributed by atoms with Crippen molar-refractivity contribution in [2.45, 2.75) is 24.0 Å². The van der Waals surface area contributed by atoms with E-state index in [1.54, 1.807) is 0 Å². The van der Waals surface area contributed by atoms with Gasteiger partial charge in [-0.2, -0.15) is 5.10 Å². The third kappa shape index (κ3) is 3.62. The van der Waals surface area contributed by atoms with Gasteiger partial charge in [-0.15, -0.1) is 0 Å². The van der Waals surface area contributed by atoms with Crippen molar-refractivity contribution in [3.63, 3.8) is 0 Å². The van der Waals surface area contributed by atoms with E-state index in [0.717, 1.165) is 12.0 Å². The van der Waals surface area contributed by atoms with Crippen molar-refractivity contribution in [1.29, 1.82) is 0 Å². The molecule has 0 saturated heterocycles. The monoisotopic (exact) mass is 306 g/mol. The van der Waals surface area contributed by atoms with Gasteiger partial charge in [0.1, 0.15) is 6.33 Å². The second kappa shape index (κ2) is 7.24. The van der Waals surface area contributed by atoms with Crippen LogP contribution in [-0.4, -0.2) is 38.6 Å². The quantitative estimate of drug-likeness (QED) is 0.645. The lowest BCUT2D eigenvalue weighted by Gasteiger charge is -2.30. The number of H-pyrrole nitrogens is 1. The van der Waals surface area contributed by atoms with E-state index >= 15 is 0 Å². The highest BCUT2D eigenvalue weighted by atomic mass is 32.2. The van der Waals surface area contributed by atoms with Crippen LogP contribution in [-0.2, 0) is 10.3 Å². The van der Waals surface area contributed by atoms with Crippen LogP contribution in [0.25, 0.3) is 0 Å². The van der Waals surface area contributed by atoms with Crippen LogP contribution in [0, 0.1) is 0 Å². The van der Waals surface area contributed by atoms with E-state index in [1.807, 2.05) is 37.3 Å². The van der Waals surface area contributed by atoms with Crippen LogP contribution >= 0.6 is 11.8 Å². The molecule has 21 heavy (non-hydrogen) atoms.